The van der Waals surface area contributed by atoms with Gasteiger partial charge in [0.05, 0.1) is 6.20 Å². The molecule has 0 aliphatic rings. The Morgan fingerprint density at radius 1 is 1.47 bits per heavy atom. The molecular weight excluding hydrogens is 214 g/mol. The first-order valence-corrected chi connectivity index (χ1v) is 5.03. The van der Waals surface area contributed by atoms with Crippen molar-refractivity contribution in [1.29, 1.82) is 0 Å². The topological polar surface area (TPSA) is 59.4 Å². The molecular formula is C10H7NO3S. The van der Waals surface area contributed by atoms with Crippen molar-refractivity contribution in [1.82, 2.24) is 4.98 Å². The van der Waals surface area contributed by atoms with Crippen molar-refractivity contribution in [2.45, 2.75) is 0 Å². The van der Waals surface area contributed by atoms with Gasteiger partial charge in [0.1, 0.15) is 16.4 Å². The second-order valence-corrected chi connectivity index (χ2v) is 3.65. The molecule has 0 aliphatic carbocycles. The van der Waals surface area contributed by atoms with Crippen LogP contribution in [0.25, 0.3) is 0 Å². The fourth-order valence-electron chi connectivity index (χ4n) is 1.03. The number of ether oxygens (including phenoxy) is 1. The lowest BCUT2D eigenvalue weighted by atomic mass is 10.4. The summed E-state index contributed by atoms with van der Waals surface area (Å²) in [5.74, 6) is 0.165. The van der Waals surface area contributed by atoms with E-state index in [0.29, 0.717) is 11.5 Å². The molecule has 0 amide bonds. The first-order valence-electron chi connectivity index (χ1n) is 4.15. The number of nitrogens with zero attached hydrogens (tertiary/aromatic N) is 1. The van der Waals surface area contributed by atoms with Crippen LogP contribution in [-0.2, 0) is 0 Å². The van der Waals surface area contributed by atoms with Crippen molar-refractivity contribution in [3.63, 3.8) is 0 Å². The van der Waals surface area contributed by atoms with Gasteiger partial charge in [-0.25, -0.2) is 4.79 Å². The second-order valence-electron chi connectivity index (χ2n) is 2.74. The van der Waals surface area contributed by atoms with Crippen LogP contribution in [0.3, 0.4) is 0 Å². The first-order chi connectivity index (χ1) is 7.25. The number of hydrogen-bond donors (Lipinski definition) is 1. The number of carbonyl (C=O) groups is 1. The van der Waals surface area contributed by atoms with E-state index in [1.807, 2.05) is 0 Å². The summed E-state index contributed by atoms with van der Waals surface area (Å²) < 4.78 is 5.39. The molecule has 2 aromatic rings. The minimum Gasteiger partial charge on any atom is -0.477 e. The van der Waals surface area contributed by atoms with Gasteiger partial charge in [-0.2, -0.15) is 0 Å². The number of carboxylic acids is 1. The number of carboxylic acid groups (broad SMARTS) is 1. The van der Waals surface area contributed by atoms with Crippen LogP contribution in [0.4, 0.5) is 0 Å². The Hall–Kier alpha value is -1.88. The fourth-order valence-corrected chi connectivity index (χ4v) is 1.67. The van der Waals surface area contributed by atoms with Crippen molar-refractivity contribution in [3.05, 3.63) is 40.8 Å². The van der Waals surface area contributed by atoms with Crippen LogP contribution in [0.15, 0.2) is 36.0 Å². The average Bonchev–Trinajstić information content (AvgIpc) is 2.68. The van der Waals surface area contributed by atoms with Gasteiger partial charge in [0.15, 0.2) is 0 Å². The second kappa shape index (κ2) is 4.10. The van der Waals surface area contributed by atoms with Crippen LogP contribution in [0.5, 0.6) is 11.5 Å². The van der Waals surface area contributed by atoms with E-state index in [9.17, 15) is 4.79 Å². The monoisotopic (exact) mass is 221 g/mol. The third-order valence-corrected chi connectivity index (χ3v) is 2.55. The van der Waals surface area contributed by atoms with Gasteiger partial charge in [-0.05, 0) is 12.1 Å². The third kappa shape index (κ3) is 2.32. The van der Waals surface area contributed by atoms with E-state index in [-0.39, 0.29) is 4.88 Å². The van der Waals surface area contributed by atoms with Gasteiger partial charge in [0.2, 0.25) is 0 Å². The summed E-state index contributed by atoms with van der Waals surface area (Å²) in [6, 6.07) is 4.99. The van der Waals surface area contributed by atoms with E-state index in [2.05, 4.69) is 4.98 Å². The molecule has 0 atom stereocenters. The Morgan fingerprint density at radius 3 is 2.93 bits per heavy atom. The molecule has 0 spiro atoms. The molecule has 2 aromatic heterocycles. The molecule has 0 aliphatic heterocycles. The van der Waals surface area contributed by atoms with E-state index >= 15 is 0 Å². The van der Waals surface area contributed by atoms with Gasteiger partial charge in [0.25, 0.3) is 0 Å². The maximum absolute atomic E-state index is 10.6. The van der Waals surface area contributed by atoms with Gasteiger partial charge in [-0.15, -0.1) is 11.3 Å². The maximum atomic E-state index is 10.6. The highest BCUT2D eigenvalue weighted by Crippen LogP contribution is 2.26. The number of thiophene rings is 1. The summed E-state index contributed by atoms with van der Waals surface area (Å²) in [6.45, 7) is 0. The largest absolute Gasteiger partial charge is 0.477 e. The summed E-state index contributed by atoms with van der Waals surface area (Å²) in [5.41, 5.74) is 0. The van der Waals surface area contributed by atoms with E-state index < -0.39 is 5.97 Å². The molecule has 0 unspecified atom stereocenters. The number of aromatic carboxylic acids is 1. The number of hydrogen-bond acceptors (Lipinski definition) is 4. The summed E-state index contributed by atoms with van der Waals surface area (Å²) in [7, 11) is 0. The molecule has 76 valence electrons. The Balaban J connectivity index is 2.15. The molecule has 4 nitrogen and oxygen atoms in total. The number of rotatable bonds is 3. The van der Waals surface area contributed by atoms with E-state index in [0.717, 1.165) is 11.3 Å². The summed E-state index contributed by atoms with van der Waals surface area (Å²) in [4.78, 5) is 14.8. The fraction of sp³-hybridized carbons (Fsp3) is 0. The van der Waals surface area contributed by atoms with Crippen molar-refractivity contribution >= 4 is 17.3 Å². The Morgan fingerprint density at radius 2 is 2.33 bits per heavy atom. The Bertz CT molecular complexity index is 467. The molecule has 0 saturated carbocycles. The van der Waals surface area contributed by atoms with E-state index in [1.54, 1.807) is 29.9 Å². The molecule has 2 rings (SSSR count). The van der Waals surface area contributed by atoms with Crippen LogP contribution in [0.1, 0.15) is 9.67 Å². The van der Waals surface area contributed by atoms with E-state index in [1.165, 1.54) is 6.07 Å². The predicted octanol–water partition coefficient (Wildman–Crippen LogP) is 2.63. The number of pyridine rings is 1. The lowest BCUT2D eigenvalue weighted by Crippen LogP contribution is -1.90. The average molecular weight is 221 g/mol. The first kappa shape index (κ1) is 9.67. The zero-order valence-electron chi connectivity index (χ0n) is 7.58. The lowest BCUT2D eigenvalue weighted by molar-refractivity contribution is 0.0702. The minimum absolute atomic E-state index is 0.258. The lowest BCUT2D eigenvalue weighted by Gasteiger charge is -2.00. The standard InChI is InChI=1S/C10H7NO3S/c12-10(13)9-4-8(6-15-9)14-7-2-1-3-11-5-7/h1-6H,(H,12,13). The van der Waals surface area contributed by atoms with Gasteiger partial charge in [-0.3, -0.25) is 4.98 Å². The maximum Gasteiger partial charge on any atom is 0.346 e. The number of aromatic nitrogens is 1. The van der Waals surface area contributed by atoms with Crippen LogP contribution < -0.4 is 4.74 Å². The third-order valence-electron chi connectivity index (χ3n) is 1.66. The van der Waals surface area contributed by atoms with Crippen molar-refractivity contribution < 1.29 is 14.6 Å². The highest BCUT2D eigenvalue weighted by Gasteiger charge is 2.07. The van der Waals surface area contributed by atoms with Gasteiger partial charge >= 0.3 is 5.97 Å². The van der Waals surface area contributed by atoms with Crippen LogP contribution in [-0.4, -0.2) is 16.1 Å². The quantitative estimate of drug-likeness (QED) is 0.865. The highest BCUT2D eigenvalue weighted by atomic mass is 32.1. The zero-order chi connectivity index (χ0) is 10.7. The SMILES string of the molecule is O=C(O)c1cc(Oc2cccnc2)cs1. The molecule has 0 aromatic carbocycles. The molecule has 1 N–H and O–H groups in total. The highest BCUT2D eigenvalue weighted by molar-refractivity contribution is 7.12. The van der Waals surface area contributed by atoms with Crippen LogP contribution in [0.2, 0.25) is 0 Å². The zero-order valence-corrected chi connectivity index (χ0v) is 8.40. The molecule has 15 heavy (non-hydrogen) atoms. The molecule has 2 heterocycles. The van der Waals surface area contributed by atoms with Gasteiger partial charge in [-0.1, -0.05) is 0 Å². The molecule has 0 fully saturated rings. The molecule has 5 heteroatoms. The normalized spacial score (nSPS) is 9.87. The molecule has 0 saturated heterocycles. The predicted molar refractivity (Wildman–Crippen MR) is 55.6 cm³/mol. The molecule has 0 bridgehead atoms. The van der Waals surface area contributed by atoms with Crippen LogP contribution in [0, 0.1) is 0 Å². The summed E-state index contributed by atoms with van der Waals surface area (Å²) >= 11 is 1.13. The van der Waals surface area contributed by atoms with Crippen molar-refractivity contribution in [3.8, 4) is 11.5 Å². The minimum atomic E-state index is -0.943. The smallest absolute Gasteiger partial charge is 0.346 e. The Kier molecular flexibility index (Phi) is 2.64. The van der Waals surface area contributed by atoms with Crippen molar-refractivity contribution in [2.24, 2.45) is 0 Å². The van der Waals surface area contributed by atoms with Gasteiger partial charge < -0.3 is 9.84 Å². The molecule has 0 radical (unpaired) electrons. The van der Waals surface area contributed by atoms with E-state index in [4.69, 9.17) is 9.84 Å². The summed E-state index contributed by atoms with van der Waals surface area (Å²) in [5, 5.41) is 10.4. The van der Waals surface area contributed by atoms with Gasteiger partial charge in [0, 0.05) is 17.6 Å². The summed E-state index contributed by atoms with van der Waals surface area (Å²) in [6.07, 6.45) is 3.21. The van der Waals surface area contributed by atoms with Crippen LogP contribution >= 0.6 is 11.3 Å². The Labute approximate surface area is 89.8 Å². The van der Waals surface area contributed by atoms with Crippen molar-refractivity contribution in [2.75, 3.05) is 0 Å².